The number of aromatic nitrogens is 3. The lowest BCUT2D eigenvalue weighted by Gasteiger charge is -2.11. The number of nitrogens with one attached hydrogen (secondary N) is 1. The smallest absolute Gasteiger partial charge is 0.180 e. The highest BCUT2D eigenvalue weighted by molar-refractivity contribution is 5.56. The van der Waals surface area contributed by atoms with Crippen LogP contribution in [0, 0.1) is 13.8 Å². The van der Waals surface area contributed by atoms with Gasteiger partial charge in [0.05, 0.1) is 0 Å². The summed E-state index contributed by atoms with van der Waals surface area (Å²) in [6.07, 6.45) is 0.840. The molecule has 0 unspecified atom stereocenters. The fourth-order valence-corrected chi connectivity index (χ4v) is 1.92. The molecule has 0 atom stereocenters. The van der Waals surface area contributed by atoms with Crippen LogP contribution in [0.5, 0.6) is 0 Å². The van der Waals surface area contributed by atoms with Crippen molar-refractivity contribution < 1.29 is 0 Å². The third-order valence-corrected chi connectivity index (χ3v) is 2.82. The lowest BCUT2D eigenvalue weighted by atomic mass is 10.1. The number of rotatable bonds is 3. The van der Waals surface area contributed by atoms with Crippen molar-refractivity contribution >= 4 is 5.82 Å². The molecule has 0 aliphatic heterocycles. The molecule has 18 heavy (non-hydrogen) atoms. The quantitative estimate of drug-likeness (QED) is 0.637. The predicted molar refractivity (Wildman–Crippen MR) is 71.9 cm³/mol. The lowest BCUT2D eigenvalue weighted by Crippen LogP contribution is -2.13. The standard InChI is InChI=1S/C13H17N5/c1-4-10-9(3)16-13(17-12(10)18-14)11-7-5-6-8(2)15-11/h5-7H,4,14H2,1-3H3,(H,16,17,18). The molecular formula is C13H17N5. The highest BCUT2D eigenvalue weighted by atomic mass is 15.3. The van der Waals surface area contributed by atoms with E-state index in [2.05, 4.69) is 27.3 Å². The Hall–Kier alpha value is -2.01. The molecule has 0 bridgehead atoms. The van der Waals surface area contributed by atoms with Gasteiger partial charge in [0, 0.05) is 17.0 Å². The summed E-state index contributed by atoms with van der Waals surface area (Å²) in [5.74, 6) is 6.78. The summed E-state index contributed by atoms with van der Waals surface area (Å²) in [5, 5.41) is 0. The molecule has 0 aliphatic rings. The van der Waals surface area contributed by atoms with E-state index in [-0.39, 0.29) is 0 Å². The van der Waals surface area contributed by atoms with Crippen LogP contribution in [0.25, 0.3) is 11.5 Å². The zero-order valence-corrected chi connectivity index (χ0v) is 10.9. The average Bonchev–Trinajstić information content (AvgIpc) is 2.37. The number of hydrogen-bond donors (Lipinski definition) is 2. The number of nitrogens with zero attached hydrogens (tertiary/aromatic N) is 3. The van der Waals surface area contributed by atoms with Crippen molar-refractivity contribution in [1.82, 2.24) is 15.0 Å². The molecular weight excluding hydrogens is 226 g/mol. The van der Waals surface area contributed by atoms with Gasteiger partial charge in [0.25, 0.3) is 0 Å². The topological polar surface area (TPSA) is 76.7 Å². The van der Waals surface area contributed by atoms with Gasteiger partial charge in [0.15, 0.2) is 5.82 Å². The van der Waals surface area contributed by atoms with E-state index in [9.17, 15) is 0 Å². The molecule has 2 aromatic heterocycles. The third-order valence-electron chi connectivity index (χ3n) is 2.82. The summed E-state index contributed by atoms with van der Waals surface area (Å²) in [6.45, 7) is 5.95. The zero-order valence-electron chi connectivity index (χ0n) is 10.9. The van der Waals surface area contributed by atoms with Crippen LogP contribution in [-0.2, 0) is 6.42 Å². The first kappa shape index (κ1) is 12.4. The van der Waals surface area contributed by atoms with Gasteiger partial charge in [0.1, 0.15) is 11.5 Å². The molecule has 0 aromatic carbocycles. The monoisotopic (exact) mass is 243 g/mol. The summed E-state index contributed by atoms with van der Waals surface area (Å²) >= 11 is 0. The van der Waals surface area contributed by atoms with Crippen LogP contribution in [0.2, 0.25) is 0 Å². The van der Waals surface area contributed by atoms with E-state index in [1.807, 2.05) is 32.0 Å². The van der Waals surface area contributed by atoms with Gasteiger partial charge in [-0.05, 0) is 32.4 Å². The SMILES string of the molecule is CCc1c(C)nc(-c2cccc(C)n2)nc1NN. The second-order valence-corrected chi connectivity index (χ2v) is 4.12. The Morgan fingerprint density at radius 3 is 2.56 bits per heavy atom. The Morgan fingerprint density at radius 2 is 1.94 bits per heavy atom. The average molecular weight is 243 g/mol. The molecule has 3 N–H and O–H groups in total. The molecule has 0 spiro atoms. The number of aryl methyl sites for hydroxylation is 2. The molecule has 5 heteroatoms. The van der Waals surface area contributed by atoms with Gasteiger partial charge in [-0.1, -0.05) is 13.0 Å². The Bertz CT molecular complexity index is 565. The second kappa shape index (κ2) is 5.10. The fraction of sp³-hybridized carbons (Fsp3) is 0.308. The number of hydrazine groups is 1. The van der Waals surface area contributed by atoms with Crippen molar-refractivity contribution in [3.8, 4) is 11.5 Å². The number of pyridine rings is 1. The van der Waals surface area contributed by atoms with E-state index >= 15 is 0 Å². The normalized spacial score (nSPS) is 10.4. The van der Waals surface area contributed by atoms with E-state index in [1.54, 1.807) is 0 Å². The van der Waals surface area contributed by atoms with Crippen molar-refractivity contribution in [1.29, 1.82) is 0 Å². The summed E-state index contributed by atoms with van der Waals surface area (Å²) in [4.78, 5) is 13.3. The van der Waals surface area contributed by atoms with E-state index in [4.69, 9.17) is 5.84 Å². The van der Waals surface area contributed by atoms with Crippen molar-refractivity contribution in [2.45, 2.75) is 27.2 Å². The Kier molecular flexibility index (Phi) is 3.53. The first-order chi connectivity index (χ1) is 8.65. The molecule has 2 aromatic rings. The van der Waals surface area contributed by atoms with Crippen LogP contribution < -0.4 is 11.3 Å². The highest BCUT2D eigenvalue weighted by Gasteiger charge is 2.11. The maximum atomic E-state index is 5.51. The van der Waals surface area contributed by atoms with E-state index in [0.717, 1.165) is 29.1 Å². The summed E-state index contributed by atoms with van der Waals surface area (Å²) in [7, 11) is 0. The molecule has 0 amide bonds. The number of anilines is 1. The van der Waals surface area contributed by atoms with Crippen molar-refractivity contribution in [3.05, 3.63) is 35.2 Å². The van der Waals surface area contributed by atoms with E-state index in [1.165, 1.54) is 0 Å². The Morgan fingerprint density at radius 1 is 1.17 bits per heavy atom. The number of nitrogen functional groups attached to an aromatic ring is 1. The first-order valence-corrected chi connectivity index (χ1v) is 5.93. The largest absolute Gasteiger partial charge is 0.308 e. The summed E-state index contributed by atoms with van der Waals surface area (Å²) in [6, 6.07) is 5.78. The van der Waals surface area contributed by atoms with Gasteiger partial charge < -0.3 is 5.43 Å². The second-order valence-electron chi connectivity index (χ2n) is 4.12. The molecule has 0 fully saturated rings. The molecule has 5 nitrogen and oxygen atoms in total. The van der Waals surface area contributed by atoms with Gasteiger partial charge in [-0.25, -0.2) is 20.8 Å². The van der Waals surface area contributed by atoms with Crippen LogP contribution in [0.1, 0.15) is 23.9 Å². The zero-order chi connectivity index (χ0) is 13.1. The van der Waals surface area contributed by atoms with Crippen LogP contribution in [0.15, 0.2) is 18.2 Å². The van der Waals surface area contributed by atoms with Gasteiger partial charge >= 0.3 is 0 Å². The van der Waals surface area contributed by atoms with Crippen molar-refractivity contribution in [2.75, 3.05) is 5.43 Å². The maximum Gasteiger partial charge on any atom is 0.180 e. The Labute approximate surface area is 106 Å². The summed E-state index contributed by atoms with van der Waals surface area (Å²) < 4.78 is 0. The molecule has 0 saturated carbocycles. The van der Waals surface area contributed by atoms with Gasteiger partial charge in [-0.15, -0.1) is 0 Å². The molecule has 94 valence electrons. The van der Waals surface area contributed by atoms with Gasteiger partial charge in [0.2, 0.25) is 0 Å². The molecule has 0 radical (unpaired) electrons. The fourth-order valence-electron chi connectivity index (χ4n) is 1.92. The Balaban J connectivity index is 2.56. The summed E-state index contributed by atoms with van der Waals surface area (Å²) in [5.41, 5.74) is 6.30. The highest BCUT2D eigenvalue weighted by Crippen LogP contribution is 2.21. The van der Waals surface area contributed by atoms with Crippen molar-refractivity contribution in [2.24, 2.45) is 5.84 Å². The molecule has 0 saturated heterocycles. The van der Waals surface area contributed by atoms with Crippen LogP contribution >= 0.6 is 0 Å². The lowest BCUT2D eigenvalue weighted by molar-refractivity contribution is 0.986. The van der Waals surface area contributed by atoms with Crippen LogP contribution in [-0.4, -0.2) is 15.0 Å². The molecule has 2 rings (SSSR count). The van der Waals surface area contributed by atoms with Crippen LogP contribution in [0.3, 0.4) is 0 Å². The van der Waals surface area contributed by atoms with Gasteiger partial charge in [-0.3, -0.25) is 0 Å². The minimum atomic E-state index is 0.598. The van der Waals surface area contributed by atoms with E-state index < -0.39 is 0 Å². The number of nitrogens with two attached hydrogens (primary N) is 1. The minimum absolute atomic E-state index is 0.598. The third kappa shape index (κ3) is 2.31. The minimum Gasteiger partial charge on any atom is -0.308 e. The maximum absolute atomic E-state index is 5.51. The number of hydrogen-bond acceptors (Lipinski definition) is 5. The van der Waals surface area contributed by atoms with E-state index in [0.29, 0.717) is 11.6 Å². The van der Waals surface area contributed by atoms with Crippen LogP contribution in [0.4, 0.5) is 5.82 Å². The van der Waals surface area contributed by atoms with Gasteiger partial charge in [-0.2, -0.15) is 0 Å². The van der Waals surface area contributed by atoms with Crippen molar-refractivity contribution in [3.63, 3.8) is 0 Å². The first-order valence-electron chi connectivity index (χ1n) is 5.93. The molecule has 2 heterocycles. The molecule has 0 aliphatic carbocycles. The predicted octanol–water partition coefficient (Wildman–Crippen LogP) is 2.00.